The highest BCUT2D eigenvalue weighted by Gasteiger charge is 2.43. The Morgan fingerprint density at radius 2 is 1.87 bits per heavy atom. The van der Waals surface area contributed by atoms with E-state index in [1.54, 1.807) is 18.2 Å². The standard InChI is InChI=1S/C23H22BrNO4S/c24-16-6-8-19-18(11-16)21(26)15(12-29-19)10-20-22(27)25(23(28)30-20)17-7-5-13-3-1-2-4-14(13)9-17/h6,8,10-14,17H,1-5,7,9H2/b20-10-. The molecule has 1 saturated heterocycles. The van der Waals surface area contributed by atoms with Crippen molar-refractivity contribution in [3.63, 3.8) is 0 Å². The number of fused-ring (bicyclic) bond motifs is 2. The van der Waals surface area contributed by atoms with Crippen molar-refractivity contribution in [3.8, 4) is 0 Å². The summed E-state index contributed by atoms with van der Waals surface area (Å²) < 4.78 is 6.34. The van der Waals surface area contributed by atoms with Crippen LogP contribution in [0.1, 0.15) is 50.5 Å². The van der Waals surface area contributed by atoms with E-state index in [2.05, 4.69) is 15.9 Å². The second-order valence-corrected chi connectivity index (χ2v) is 10.4. The van der Waals surface area contributed by atoms with Crippen molar-refractivity contribution in [1.29, 1.82) is 0 Å². The number of rotatable bonds is 2. The highest BCUT2D eigenvalue weighted by Crippen LogP contribution is 2.44. The summed E-state index contributed by atoms with van der Waals surface area (Å²) in [6, 6.07) is 5.20. The third-order valence-corrected chi connectivity index (χ3v) is 8.13. The summed E-state index contributed by atoms with van der Waals surface area (Å²) in [5.41, 5.74) is 0.548. The third kappa shape index (κ3) is 3.56. The van der Waals surface area contributed by atoms with Crippen LogP contribution in [0.4, 0.5) is 4.79 Å². The number of nitrogens with zero attached hydrogens (tertiary/aromatic N) is 1. The monoisotopic (exact) mass is 487 g/mol. The second-order valence-electron chi connectivity index (χ2n) is 8.48. The van der Waals surface area contributed by atoms with Crippen molar-refractivity contribution in [1.82, 2.24) is 4.90 Å². The van der Waals surface area contributed by atoms with Gasteiger partial charge in [0.2, 0.25) is 0 Å². The molecule has 1 aromatic carbocycles. The fourth-order valence-corrected chi connectivity index (χ4v) is 6.49. The molecule has 5 rings (SSSR count). The number of imide groups is 1. The maximum Gasteiger partial charge on any atom is 0.293 e. The lowest BCUT2D eigenvalue weighted by atomic mass is 9.69. The summed E-state index contributed by atoms with van der Waals surface area (Å²) in [4.78, 5) is 40.4. The number of amides is 2. The van der Waals surface area contributed by atoms with Gasteiger partial charge in [0.15, 0.2) is 5.43 Å². The lowest BCUT2D eigenvalue weighted by Crippen LogP contribution is -2.44. The van der Waals surface area contributed by atoms with Crippen LogP contribution in [-0.2, 0) is 4.79 Å². The zero-order chi connectivity index (χ0) is 20.8. The predicted octanol–water partition coefficient (Wildman–Crippen LogP) is 5.95. The largest absolute Gasteiger partial charge is 0.463 e. The van der Waals surface area contributed by atoms with Crippen LogP contribution in [0.15, 0.2) is 43.1 Å². The van der Waals surface area contributed by atoms with E-state index in [0.29, 0.717) is 21.8 Å². The number of benzene rings is 1. The Hall–Kier alpha value is -1.86. The molecule has 2 aliphatic carbocycles. The topological polar surface area (TPSA) is 67.6 Å². The van der Waals surface area contributed by atoms with Crippen LogP contribution < -0.4 is 5.43 Å². The zero-order valence-electron chi connectivity index (χ0n) is 16.4. The Balaban J connectivity index is 1.42. The molecule has 30 heavy (non-hydrogen) atoms. The van der Waals surface area contributed by atoms with E-state index >= 15 is 0 Å². The van der Waals surface area contributed by atoms with Gasteiger partial charge in [-0.15, -0.1) is 0 Å². The summed E-state index contributed by atoms with van der Waals surface area (Å²) >= 11 is 4.29. The van der Waals surface area contributed by atoms with E-state index < -0.39 is 0 Å². The first-order valence-corrected chi connectivity index (χ1v) is 12.1. The van der Waals surface area contributed by atoms with E-state index in [-0.39, 0.29) is 28.2 Å². The highest BCUT2D eigenvalue weighted by molar-refractivity contribution is 9.10. The van der Waals surface area contributed by atoms with Crippen molar-refractivity contribution in [2.24, 2.45) is 11.8 Å². The average Bonchev–Trinajstić information content (AvgIpc) is 3.03. The molecule has 3 unspecified atom stereocenters. The van der Waals surface area contributed by atoms with Crippen LogP contribution in [0.5, 0.6) is 0 Å². The number of carbonyl (C=O) groups excluding carboxylic acids is 2. The smallest absolute Gasteiger partial charge is 0.293 e. The molecule has 5 nitrogen and oxygen atoms in total. The molecule has 2 amide bonds. The first-order chi connectivity index (χ1) is 14.5. The van der Waals surface area contributed by atoms with Gasteiger partial charge in [-0.2, -0.15) is 0 Å². The van der Waals surface area contributed by atoms with Crippen LogP contribution in [0.3, 0.4) is 0 Å². The number of hydrogen-bond donors (Lipinski definition) is 0. The molecule has 0 bridgehead atoms. The Labute approximate surface area is 187 Å². The van der Waals surface area contributed by atoms with Crippen LogP contribution in [0.2, 0.25) is 0 Å². The molecule has 3 atom stereocenters. The molecule has 3 aliphatic rings. The lowest BCUT2D eigenvalue weighted by molar-refractivity contribution is -0.125. The van der Waals surface area contributed by atoms with Crippen molar-refractivity contribution in [2.75, 3.05) is 0 Å². The van der Waals surface area contributed by atoms with Gasteiger partial charge in [0.05, 0.1) is 15.9 Å². The summed E-state index contributed by atoms with van der Waals surface area (Å²) in [6.07, 6.45) is 10.8. The van der Waals surface area contributed by atoms with E-state index in [4.69, 9.17) is 4.42 Å². The van der Waals surface area contributed by atoms with Gasteiger partial charge in [0.25, 0.3) is 11.1 Å². The zero-order valence-corrected chi connectivity index (χ0v) is 18.8. The molecule has 1 aliphatic heterocycles. The molecule has 7 heteroatoms. The third-order valence-electron chi connectivity index (χ3n) is 6.75. The predicted molar refractivity (Wildman–Crippen MR) is 121 cm³/mol. The summed E-state index contributed by atoms with van der Waals surface area (Å²) in [6.45, 7) is 0. The number of halogens is 1. The van der Waals surface area contributed by atoms with Crippen LogP contribution in [-0.4, -0.2) is 22.1 Å². The van der Waals surface area contributed by atoms with Crippen molar-refractivity contribution < 1.29 is 14.0 Å². The molecule has 0 radical (unpaired) electrons. The number of hydrogen-bond acceptors (Lipinski definition) is 5. The second kappa shape index (κ2) is 8.00. The van der Waals surface area contributed by atoms with Crippen LogP contribution in [0, 0.1) is 11.8 Å². The first kappa shape index (κ1) is 20.1. The molecule has 1 aromatic heterocycles. The maximum absolute atomic E-state index is 13.1. The minimum absolute atomic E-state index is 0.0216. The van der Waals surface area contributed by atoms with Gasteiger partial charge in [-0.25, -0.2) is 0 Å². The van der Waals surface area contributed by atoms with Gasteiger partial charge in [-0.05, 0) is 67.1 Å². The first-order valence-electron chi connectivity index (χ1n) is 10.5. The van der Waals surface area contributed by atoms with Gasteiger partial charge in [0, 0.05) is 10.5 Å². The maximum atomic E-state index is 13.1. The minimum atomic E-state index is -0.280. The summed E-state index contributed by atoms with van der Waals surface area (Å²) in [5, 5.41) is 0.214. The molecular formula is C23H22BrNO4S. The van der Waals surface area contributed by atoms with Crippen molar-refractivity contribution in [2.45, 2.75) is 51.0 Å². The summed E-state index contributed by atoms with van der Waals surface area (Å²) in [5.74, 6) is 1.10. The van der Waals surface area contributed by atoms with E-state index in [9.17, 15) is 14.4 Å². The van der Waals surface area contributed by atoms with Crippen molar-refractivity contribution in [3.05, 3.63) is 49.6 Å². The number of carbonyl (C=O) groups is 2. The van der Waals surface area contributed by atoms with Gasteiger partial charge >= 0.3 is 0 Å². The van der Waals surface area contributed by atoms with Gasteiger partial charge in [0.1, 0.15) is 11.8 Å². The van der Waals surface area contributed by atoms with Gasteiger partial charge in [-0.3, -0.25) is 19.3 Å². The van der Waals surface area contributed by atoms with Gasteiger partial charge < -0.3 is 4.42 Å². The SMILES string of the molecule is O=C1S/C(=C\c2coc3ccc(Br)cc3c2=O)C(=O)N1C1CCC2CCCCC2C1. The van der Waals surface area contributed by atoms with Crippen LogP contribution in [0.25, 0.3) is 17.0 Å². The lowest BCUT2D eigenvalue weighted by Gasteiger charge is -2.41. The average molecular weight is 488 g/mol. The van der Waals surface area contributed by atoms with E-state index in [1.165, 1.54) is 42.9 Å². The molecule has 156 valence electrons. The van der Waals surface area contributed by atoms with Crippen LogP contribution >= 0.6 is 27.7 Å². The molecule has 2 aromatic rings. The molecule has 0 spiro atoms. The quantitative estimate of drug-likeness (QED) is 0.489. The Kier molecular flexibility index (Phi) is 5.35. The Morgan fingerprint density at radius 1 is 1.07 bits per heavy atom. The van der Waals surface area contributed by atoms with Gasteiger partial charge in [-0.1, -0.05) is 41.6 Å². The Bertz CT molecular complexity index is 1120. The molecule has 2 heterocycles. The molecule has 0 N–H and O–H groups in total. The Morgan fingerprint density at radius 3 is 2.70 bits per heavy atom. The number of thioether (sulfide) groups is 1. The fraction of sp³-hybridized carbons (Fsp3) is 0.435. The minimum Gasteiger partial charge on any atom is -0.463 e. The van der Waals surface area contributed by atoms with E-state index in [1.807, 2.05) is 0 Å². The molecule has 2 saturated carbocycles. The molecular weight excluding hydrogens is 466 g/mol. The highest BCUT2D eigenvalue weighted by atomic mass is 79.9. The summed E-state index contributed by atoms with van der Waals surface area (Å²) in [7, 11) is 0. The molecule has 3 fully saturated rings. The fourth-order valence-electron chi connectivity index (χ4n) is 5.24. The normalized spacial score (nSPS) is 28.4. The van der Waals surface area contributed by atoms with E-state index in [0.717, 1.165) is 41.4 Å². The van der Waals surface area contributed by atoms with Crippen molar-refractivity contribution >= 4 is 55.9 Å².